The summed E-state index contributed by atoms with van der Waals surface area (Å²) in [5, 5.41) is 7.94. The van der Waals surface area contributed by atoms with Gasteiger partial charge in [0.05, 0.1) is 18.3 Å². The number of nitrogens with zero attached hydrogens (tertiary/aromatic N) is 1. The second-order valence-corrected chi connectivity index (χ2v) is 7.20. The van der Waals surface area contributed by atoms with E-state index in [-0.39, 0.29) is 11.7 Å². The van der Waals surface area contributed by atoms with Crippen molar-refractivity contribution in [3.05, 3.63) is 34.9 Å². The van der Waals surface area contributed by atoms with E-state index in [2.05, 4.69) is 17.0 Å². The van der Waals surface area contributed by atoms with Gasteiger partial charge in [-0.05, 0) is 30.5 Å². The second-order valence-electron chi connectivity index (χ2n) is 6.76. The lowest BCUT2D eigenvalue weighted by molar-refractivity contribution is -0.192. The summed E-state index contributed by atoms with van der Waals surface area (Å²) >= 11 is 6.04. The first kappa shape index (κ1) is 21.9. The summed E-state index contributed by atoms with van der Waals surface area (Å²) in [7, 11) is 1.78. The molecule has 27 heavy (non-hydrogen) atoms. The zero-order chi connectivity index (χ0) is 20.1. The minimum Gasteiger partial charge on any atom is -0.475 e. The fraction of sp³-hybridized carbons (Fsp3) is 0.611. The van der Waals surface area contributed by atoms with E-state index >= 15 is 0 Å². The van der Waals surface area contributed by atoms with Gasteiger partial charge in [0, 0.05) is 38.2 Å². The zero-order valence-corrected chi connectivity index (χ0v) is 15.7. The number of benzene rings is 1. The fourth-order valence-electron chi connectivity index (χ4n) is 3.31. The summed E-state index contributed by atoms with van der Waals surface area (Å²) in [6, 6.07) is 8.14. The Morgan fingerprint density at radius 1 is 1.41 bits per heavy atom. The first-order valence-electron chi connectivity index (χ1n) is 8.57. The van der Waals surface area contributed by atoms with E-state index in [0.717, 1.165) is 50.5 Å². The van der Waals surface area contributed by atoms with Crippen molar-refractivity contribution in [1.29, 1.82) is 0 Å². The quantitative estimate of drug-likeness (QED) is 0.824. The van der Waals surface area contributed by atoms with Crippen molar-refractivity contribution in [2.45, 2.75) is 43.7 Å². The van der Waals surface area contributed by atoms with Crippen LogP contribution in [0.15, 0.2) is 24.3 Å². The van der Waals surface area contributed by atoms with E-state index in [4.69, 9.17) is 31.0 Å². The van der Waals surface area contributed by atoms with Gasteiger partial charge in [0.25, 0.3) is 0 Å². The molecule has 0 saturated carbocycles. The van der Waals surface area contributed by atoms with Gasteiger partial charge in [-0.1, -0.05) is 23.7 Å². The van der Waals surface area contributed by atoms with Gasteiger partial charge < -0.3 is 14.6 Å². The van der Waals surface area contributed by atoms with Gasteiger partial charge in [0.1, 0.15) is 0 Å². The highest BCUT2D eigenvalue weighted by Crippen LogP contribution is 2.37. The van der Waals surface area contributed by atoms with Crippen LogP contribution in [0.5, 0.6) is 0 Å². The van der Waals surface area contributed by atoms with Crippen LogP contribution in [0.2, 0.25) is 5.02 Å². The molecule has 2 aliphatic rings. The van der Waals surface area contributed by atoms with Crippen LogP contribution in [0.1, 0.15) is 24.8 Å². The van der Waals surface area contributed by atoms with Crippen LogP contribution >= 0.6 is 11.6 Å². The highest BCUT2D eigenvalue weighted by Gasteiger charge is 2.42. The summed E-state index contributed by atoms with van der Waals surface area (Å²) in [6.07, 6.45) is -1.54. The Morgan fingerprint density at radius 3 is 2.52 bits per heavy atom. The Balaban J connectivity index is 0.000000321. The van der Waals surface area contributed by atoms with Crippen LogP contribution in [0.25, 0.3) is 0 Å². The lowest BCUT2D eigenvalue weighted by atomic mass is 9.88. The SMILES string of the molecule is COC1COC2(CCN(Cc3cccc(Cl)c3)CC2)C1.O=C(O)C(F)(F)F. The number of ether oxygens (including phenoxy) is 2. The molecular weight excluding hydrogens is 387 g/mol. The van der Waals surface area contributed by atoms with Gasteiger partial charge in [-0.2, -0.15) is 13.2 Å². The molecule has 0 amide bonds. The molecule has 1 unspecified atom stereocenters. The third kappa shape index (κ3) is 6.64. The van der Waals surface area contributed by atoms with Gasteiger partial charge >= 0.3 is 12.1 Å². The van der Waals surface area contributed by atoms with Crippen LogP contribution < -0.4 is 0 Å². The number of methoxy groups -OCH3 is 1. The lowest BCUT2D eigenvalue weighted by Crippen LogP contribution is -2.43. The Morgan fingerprint density at radius 2 is 2.04 bits per heavy atom. The van der Waals surface area contributed by atoms with Gasteiger partial charge in [-0.15, -0.1) is 0 Å². The summed E-state index contributed by atoms with van der Waals surface area (Å²) in [5.41, 5.74) is 1.36. The average molecular weight is 410 g/mol. The number of carbonyl (C=O) groups is 1. The molecule has 0 aliphatic carbocycles. The smallest absolute Gasteiger partial charge is 0.475 e. The highest BCUT2D eigenvalue weighted by molar-refractivity contribution is 6.30. The molecule has 1 aromatic rings. The number of hydrogen-bond acceptors (Lipinski definition) is 4. The predicted octanol–water partition coefficient (Wildman–Crippen LogP) is 3.74. The molecule has 0 aromatic heterocycles. The van der Waals surface area contributed by atoms with Gasteiger partial charge in [-0.3, -0.25) is 4.90 Å². The Bertz CT molecular complexity index is 633. The van der Waals surface area contributed by atoms with E-state index in [1.54, 1.807) is 7.11 Å². The predicted molar refractivity (Wildman–Crippen MR) is 93.8 cm³/mol. The molecule has 2 fully saturated rings. The lowest BCUT2D eigenvalue weighted by Gasteiger charge is -2.38. The minimum absolute atomic E-state index is 0.0749. The standard InChI is InChI=1S/C16H22ClNO2.C2HF3O2/c1-19-15-10-16(20-12-15)5-7-18(8-6-16)11-13-3-2-4-14(17)9-13;3-2(4,5)1(6)7/h2-4,9,15H,5-8,10-12H2,1H3;(H,6,7). The number of aliphatic carboxylic acids is 1. The number of alkyl halides is 3. The maximum Gasteiger partial charge on any atom is 0.490 e. The van der Waals surface area contributed by atoms with Crippen LogP contribution in [0.3, 0.4) is 0 Å². The molecule has 1 atom stereocenters. The van der Waals surface area contributed by atoms with E-state index < -0.39 is 12.1 Å². The van der Waals surface area contributed by atoms with Crippen LogP contribution in [0, 0.1) is 0 Å². The molecule has 9 heteroatoms. The van der Waals surface area contributed by atoms with Crippen molar-refractivity contribution in [3.63, 3.8) is 0 Å². The third-order valence-corrected chi connectivity index (χ3v) is 5.05. The number of hydrogen-bond donors (Lipinski definition) is 1. The number of halogens is 4. The van der Waals surface area contributed by atoms with Crippen molar-refractivity contribution in [2.24, 2.45) is 0 Å². The Kier molecular flexibility index (Phi) is 7.50. The van der Waals surface area contributed by atoms with E-state index in [0.29, 0.717) is 0 Å². The maximum absolute atomic E-state index is 10.6. The molecule has 2 saturated heterocycles. The average Bonchev–Trinajstić information content (AvgIpc) is 3.00. The second kappa shape index (κ2) is 9.23. The number of rotatable bonds is 3. The number of carboxylic acids is 1. The molecule has 1 N–H and O–H groups in total. The first-order chi connectivity index (χ1) is 12.6. The number of piperidine rings is 1. The molecule has 2 heterocycles. The molecule has 0 bridgehead atoms. The van der Waals surface area contributed by atoms with Gasteiger partial charge in [0.15, 0.2) is 0 Å². The number of carboxylic acid groups (broad SMARTS) is 1. The molecule has 152 valence electrons. The van der Waals surface area contributed by atoms with Crippen molar-refractivity contribution in [1.82, 2.24) is 4.90 Å². The van der Waals surface area contributed by atoms with E-state index in [1.807, 2.05) is 12.1 Å². The normalized spacial score (nSPS) is 22.3. The van der Waals surface area contributed by atoms with E-state index in [9.17, 15) is 13.2 Å². The maximum atomic E-state index is 10.6. The third-order valence-electron chi connectivity index (χ3n) is 4.81. The molecule has 3 rings (SSSR count). The highest BCUT2D eigenvalue weighted by atomic mass is 35.5. The topological polar surface area (TPSA) is 59.0 Å². The number of likely N-dealkylation sites (tertiary alicyclic amines) is 1. The first-order valence-corrected chi connectivity index (χ1v) is 8.95. The molecule has 0 radical (unpaired) electrons. The molecule has 5 nitrogen and oxygen atoms in total. The van der Waals surface area contributed by atoms with E-state index in [1.165, 1.54) is 5.56 Å². The minimum atomic E-state index is -5.08. The van der Waals surface area contributed by atoms with Crippen molar-refractivity contribution < 1.29 is 32.5 Å². The Hall–Kier alpha value is -1.35. The summed E-state index contributed by atoms with van der Waals surface area (Å²) in [5.74, 6) is -2.76. The molecule has 2 aliphatic heterocycles. The summed E-state index contributed by atoms with van der Waals surface area (Å²) < 4.78 is 43.2. The van der Waals surface area contributed by atoms with Crippen LogP contribution in [-0.4, -0.2) is 60.7 Å². The van der Waals surface area contributed by atoms with Crippen molar-refractivity contribution in [3.8, 4) is 0 Å². The van der Waals surface area contributed by atoms with Crippen LogP contribution in [-0.2, 0) is 20.8 Å². The Labute approximate surface area is 161 Å². The van der Waals surface area contributed by atoms with Crippen molar-refractivity contribution in [2.75, 3.05) is 26.8 Å². The zero-order valence-electron chi connectivity index (χ0n) is 15.0. The van der Waals surface area contributed by atoms with Gasteiger partial charge in [0.2, 0.25) is 0 Å². The summed E-state index contributed by atoms with van der Waals surface area (Å²) in [4.78, 5) is 11.4. The monoisotopic (exact) mass is 409 g/mol. The molecule has 1 aromatic carbocycles. The van der Waals surface area contributed by atoms with Crippen LogP contribution in [0.4, 0.5) is 13.2 Å². The molecule has 1 spiro atoms. The van der Waals surface area contributed by atoms with Gasteiger partial charge in [-0.25, -0.2) is 4.79 Å². The largest absolute Gasteiger partial charge is 0.490 e. The fourth-order valence-corrected chi connectivity index (χ4v) is 3.53. The van der Waals surface area contributed by atoms with Crippen molar-refractivity contribution >= 4 is 17.6 Å². The summed E-state index contributed by atoms with van der Waals surface area (Å²) in [6.45, 7) is 3.90. The molecular formula is C18H23ClF3NO4.